The number of ether oxygens (including phenoxy) is 1. The van der Waals surface area contributed by atoms with Crippen LogP contribution in [0.3, 0.4) is 0 Å². The van der Waals surface area contributed by atoms with Gasteiger partial charge in [-0.1, -0.05) is 26.2 Å². The SMILES string of the molecule is CCCC(C)OC1(CNC(C)(C)C)CCCC1. The van der Waals surface area contributed by atoms with Crippen molar-refractivity contribution in [2.75, 3.05) is 6.54 Å². The van der Waals surface area contributed by atoms with Gasteiger partial charge in [-0.25, -0.2) is 0 Å². The van der Waals surface area contributed by atoms with Gasteiger partial charge < -0.3 is 10.1 Å². The molecular weight excluding hydrogens is 210 g/mol. The van der Waals surface area contributed by atoms with Crippen molar-refractivity contribution in [1.29, 1.82) is 0 Å². The van der Waals surface area contributed by atoms with Crippen molar-refractivity contribution in [2.24, 2.45) is 0 Å². The Labute approximate surface area is 108 Å². The second kappa shape index (κ2) is 6.19. The van der Waals surface area contributed by atoms with Crippen molar-refractivity contribution in [3.05, 3.63) is 0 Å². The van der Waals surface area contributed by atoms with Crippen molar-refractivity contribution in [1.82, 2.24) is 5.32 Å². The Kier molecular flexibility index (Phi) is 5.46. The molecule has 0 aromatic rings. The topological polar surface area (TPSA) is 21.3 Å². The van der Waals surface area contributed by atoms with E-state index in [0.29, 0.717) is 6.10 Å². The highest BCUT2D eigenvalue weighted by Gasteiger charge is 2.36. The molecule has 0 spiro atoms. The summed E-state index contributed by atoms with van der Waals surface area (Å²) in [6.07, 6.45) is 7.89. The van der Waals surface area contributed by atoms with Crippen LogP contribution in [-0.4, -0.2) is 23.8 Å². The Hall–Kier alpha value is -0.0800. The molecule has 102 valence electrons. The van der Waals surface area contributed by atoms with Crippen LogP contribution in [0.1, 0.15) is 73.1 Å². The molecule has 1 aliphatic rings. The van der Waals surface area contributed by atoms with Gasteiger partial charge in [0.25, 0.3) is 0 Å². The summed E-state index contributed by atoms with van der Waals surface area (Å²) < 4.78 is 6.37. The van der Waals surface area contributed by atoms with Gasteiger partial charge in [0.2, 0.25) is 0 Å². The third kappa shape index (κ3) is 5.39. The molecule has 1 rings (SSSR count). The molecule has 0 aromatic carbocycles. The van der Waals surface area contributed by atoms with Gasteiger partial charge in [0.05, 0.1) is 11.7 Å². The number of nitrogens with one attached hydrogen (secondary N) is 1. The summed E-state index contributed by atoms with van der Waals surface area (Å²) in [6.45, 7) is 12.1. The standard InChI is InChI=1S/C15H31NO/c1-6-9-13(2)17-15(10-7-8-11-15)12-16-14(3,4)5/h13,16H,6-12H2,1-5H3. The Balaban J connectivity index is 2.50. The van der Waals surface area contributed by atoms with Crippen LogP contribution in [0.5, 0.6) is 0 Å². The molecule has 1 N–H and O–H groups in total. The van der Waals surface area contributed by atoms with Crippen LogP contribution in [0, 0.1) is 0 Å². The first kappa shape index (κ1) is 15.0. The van der Waals surface area contributed by atoms with E-state index >= 15 is 0 Å². The van der Waals surface area contributed by atoms with E-state index in [9.17, 15) is 0 Å². The Morgan fingerprint density at radius 1 is 1.24 bits per heavy atom. The van der Waals surface area contributed by atoms with E-state index in [0.717, 1.165) is 6.54 Å². The number of rotatable bonds is 6. The second-order valence-electron chi connectivity index (χ2n) is 6.71. The van der Waals surface area contributed by atoms with Gasteiger partial charge in [-0.15, -0.1) is 0 Å². The van der Waals surface area contributed by atoms with E-state index in [1.165, 1.54) is 38.5 Å². The fourth-order valence-electron chi connectivity index (χ4n) is 2.67. The van der Waals surface area contributed by atoms with E-state index in [4.69, 9.17) is 4.74 Å². The lowest BCUT2D eigenvalue weighted by atomic mass is 9.99. The van der Waals surface area contributed by atoms with E-state index in [1.54, 1.807) is 0 Å². The van der Waals surface area contributed by atoms with E-state index in [2.05, 4.69) is 39.9 Å². The largest absolute Gasteiger partial charge is 0.371 e. The highest BCUT2D eigenvalue weighted by molar-refractivity contribution is 4.91. The predicted molar refractivity (Wildman–Crippen MR) is 74.4 cm³/mol. The van der Waals surface area contributed by atoms with Crippen LogP contribution in [0.2, 0.25) is 0 Å². The third-order valence-electron chi connectivity index (χ3n) is 3.60. The fourth-order valence-corrected chi connectivity index (χ4v) is 2.67. The van der Waals surface area contributed by atoms with Crippen LogP contribution in [0.15, 0.2) is 0 Å². The Morgan fingerprint density at radius 3 is 2.29 bits per heavy atom. The average Bonchev–Trinajstić information content (AvgIpc) is 2.63. The minimum absolute atomic E-state index is 0.113. The van der Waals surface area contributed by atoms with Crippen molar-refractivity contribution < 1.29 is 4.74 Å². The van der Waals surface area contributed by atoms with Crippen LogP contribution in [0.25, 0.3) is 0 Å². The average molecular weight is 241 g/mol. The van der Waals surface area contributed by atoms with Gasteiger partial charge in [-0.05, 0) is 47.0 Å². The van der Waals surface area contributed by atoms with Gasteiger partial charge in [0.15, 0.2) is 0 Å². The Morgan fingerprint density at radius 2 is 1.82 bits per heavy atom. The van der Waals surface area contributed by atoms with Crippen LogP contribution < -0.4 is 5.32 Å². The van der Waals surface area contributed by atoms with Crippen molar-refractivity contribution in [2.45, 2.75) is 90.4 Å². The molecule has 17 heavy (non-hydrogen) atoms. The second-order valence-corrected chi connectivity index (χ2v) is 6.71. The summed E-state index contributed by atoms with van der Waals surface area (Å²) in [4.78, 5) is 0. The van der Waals surface area contributed by atoms with Gasteiger partial charge in [-0.2, -0.15) is 0 Å². The molecule has 1 unspecified atom stereocenters. The van der Waals surface area contributed by atoms with E-state index < -0.39 is 0 Å². The smallest absolute Gasteiger partial charge is 0.0810 e. The van der Waals surface area contributed by atoms with Crippen LogP contribution >= 0.6 is 0 Å². The van der Waals surface area contributed by atoms with E-state index in [-0.39, 0.29) is 11.1 Å². The molecule has 0 saturated heterocycles. The highest BCUT2D eigenvalue weighted by atomic mass is 16.5. The van der Waals surface area contributed by atoms with Gasteiger partial charge in [0.1, 0.15) is 0 Å². The molecule has 0 bridgehead atoms. The highest BCUT2D eigenvalue weighted by Crippen LogP contribution is 2.34. The fraction of sp³-hybridized carbons (Fsp3) is 1.00. The molecule has 0 aliphatic heterocycles. The van der Waals surface area contributed by atoms with E-state index in [1.807, 2.05) is 0 Å². The molecule has 1 saturated carbocycles. The molecule has 0 aromatic heterocycles. The summed E-state index contributed by atoms with van der Waals surface area (Å²) in [5, 5.41) is 3.63. The summed E-state index contributed by atoms with van der Waals surface area (Å²) in [7, 11) is 0. The molecule has 2 nitrogen and oxygen atoms in total. The maximum absolute atomic E-state index is 6.37. The zero-order chi connectivity index (χ0) is 12.9. The molecule has 0 heterocycles. The van der Waals surface area contributed by atoms with Crippen LogP contribution in [0.4, 0.5) is 0 Å². The van der Waals surface area contributed by atoms with Crippen LogP contribution in [-0.2, 0) is 4.74 Å². The molecule has 1 aliphatic carbocycles. The minimum atomic E-state index is 0.113. The van der Waals surface area contributed by atoms with Gasteiger partial charge >= 0.3 is 0 Å². The van der Waals surface area contributed by atoms with Crippen molar-refractivity contribution >= 4 is 0 Å². The molecule has 1 fully saturated rings. The molecular formula is C15H31NO. The molecule has 1 atom stereocenters. The van der Waals surface area contributed by atoms with Crippen molar-refractivity contribution in [3.63, 3.8) is 0 Å². The first-order valence-electron chi connectivity index (χ1n) is 7.30. The van der Waals surface area contributed by atoms with Gasteiger partial charge in [0, 0.05) is 12.1 Å². The number of hydrogen-bond acceptors (Lipinski definition) is 2. The zero-order valence-electron chi connectivity index (χ0n) is 12.4. The normalized spacial score (nSPS) is 21.7. The first-order valence-corrected chi connectivity index (χ1v) is 7.30. The Bertz CT molecular complexity index is 213. The quantitative estimate of drug-likeness (QED) is 0.761. The minimum Gasteiger partial charge on any atom is -0.371 e. The summed E-state index contributed by atoms with van der Waals surface area (Å²) in [5.74, 6) is 0. The predicted octanol–water partition coefficient (Wildman–Crippen LogP) is 3.89. The molecule has 2 heteroatoms. The summed E-state index contributed by atoms with van der Waals surface area (Å²) in [6, 6.07) is 0. The lowest BCUT2D eigenvalue weighted by Crippen LogP contribution is -2.49. The monoisotopic (exact) mass is 241 g/mol. The third-order valence-corrected chi connectivity index (χ3v) is 3.60. The lowest BCUT2D eigenvalue weighted by Gasteiger charge is -2.36. The molecule has 0 radical (unpaired) electrons. The number of hydrogen-bond donors (Lipinski definition) is 1. The maximum atomic E-state index is 6.37. The van der Waals surface area contributed by atoms with Crippen molar-refractivity contribution in [3.8, 4) is 0 Å². The summed E-state index contributed by atoms with van der Waals surface area (Å²) in [5.41, 5.74) is 0.300. The summed E-state index contributed by atoms with van der Waals surface area (Å²) >= 11 is 0. The maximum Gasteiger partial charge on any atom is 0.0810 e. The zero-order valence-corrected chi connectivity index (χ0v) is 12.4. The lowest BCUT2D eigenvalue weighted by molar-refractivity contribution is -0.0864. The first-order chi connectivity index (χ1) is 7.87. The van der Waals surface area contributed by atoms with Gasteiger partial charge in [-0.3, -0.25) is 0 Å². The molecule has 0 amide bonds.